The van der Waals surface area contributed by atoms with E-state index in [4.69, 9.17) is 0 Å². The number of allylic oxidation sites excluding steroid dienone is 1. The lowest BCUT2D eigenvalue weighted by molar-refractivity contribution is -0.111. The lowest BCUT2D eigenvalue weighted by atomic mass is 10.1. The summed E-state index contributed by atoms with van der Waals surface area (Å²) in [5, 5.41) is 2.70. The van der Waals surface area contributed by atoms with Crippen molar-refractivity contribution in [3.8, 4) is 0 Å². The summed E-state index contributed by atoms with van der Waals surface area (Å²) in [7, 11) is -3.62. The summed E-state index contributed by atoms with van der Waals surface area (Å²) < 4.78 is 40.5. The Kier molecular flexibility index (Phi) is 7.02. The molecule has 30 heavy (non-hydrogen) atoms. The van der Waals surface area contributed by atoms with Gasteiger partial charge in [0.2, 0.25) is 15.9 Å². The predicted molar refractivity (Wildman–Crippen MR) is 116 cm³/mol. The number of hydrogen-bond donors (Lipinski definition) is 1. The molecule has 0 aromatic heterocycles. The quantitative estimate of drug-likeness (QED) is 0.714. The first kappa shape index (κ1) is 22.1. The van der Waals surface area contributed by atoms with Crippen LogP contribution in [0.3, 0.4) is 0 Å². The number of sulfonamides is 1. The van der Waals surface area contributed by atoms with Crippen molar-refractivity contribution in [3.63, 3.8) is 0 Å². The number of amides is 1. The number of piperazine rings is 1. The molecule has 0 bridgehead atoms. The molecule has 6 nitrogen and oxygen atoms in total. The molecular formula is C22H26FN3O3S. The molecule has 0 radical (unpaired) electrons. The number of anilines is 1. The molecule has 1 heterocycles. The largest absolute Gasteiger partial charge is 0.322 e. The molecule has 8 heteroatoms. The molecule has 0 saturated carbocycles. The zero-order chi connectivity index (χ0) is 21.7. The van der Waals surface area contributed by atoms with Crippen molar-refractivity contribution in [2.45, 2.75) is 18.7 Å². The molecule has 2 aromatic rings. The second kappa shape index (κ2) is 9.51. The van der Waals surface area contributed by atoms with Crippen LogP contribution in [-0.4, -0.2) is 56.3 Å². The summed E-state index contributed by atoms with van der Waals surface area (Å²) in [6, 6.07) is 12.1. The Morgan fingerprint density at radius 2 is 1.77 bits per heavy atom. The standard InChI is InChI=1S/C22H26FN3O3S/c1-3-25-11-13-26(14-12-25)30(28,29)21-6-4-5-20(16-21)24-22(27)15-17(2)18-7-9-19(23)10-8-18/h4-10,15-16H,3,11-14H2,1-2H3,(H,24,27)/b17-15+. The van der Waals surface area contributed by atoms with Crippen LogP contribution < -0.4 is 5.32 Å². The Morgan fingerprint density at radius 3 is 2.40 bits per heavy atom. The van der Waals surface area contributed by atoms with Gasteiger partial charge in [0.1, 0.15) is 5.82 Å². The second-order valence-electron chi connectivity index (χ2n) is 7.19. The Bertz CT molecular complexity index is 1030. The van der Waals surface area contributed by atoms with Crippen LogP contribution >= 0.6 is 0 Å². The zero-order valence-corrected chi connectivity index (χ0v) is 18.0. The molecule has 1 N–H and O–H groups in total. The molecular weight excluding hydrogens is 405 g/mol. The van der Waals surface area contributed by atoms with Crippen LogP contribution in [0.4, 0.5) is 10.1 Å². The first-order valence-corrected chi connectivity index (χ1v) is 11.3. The van der Waals surface area contributed by atoms with Gasteiger partial charge in [-0.3, -0.25) is 4.79 Å². The minimum atomic E-state index is -3.62. The smallest absolute Gasteiger partial charge is 0.248 e. The van der Waals surface area contributed by atoms with Crippen molar-refractivity contribution in [2.75, 3.05) is 38.0 Å². The molecule has 0 spiro atoms. The first-order valence-electron chi connectivity index (χ1n) is 9.87. The van der Waals surface area contributed by atoms with Crippen LogP contribution in [0.1, 0.15) is 19.4 Å². The van der Waals surface area contributed by atoms with Crippen LogP contribution in [0, 0.1) is 5.82 Å². The summed E-state index contributed by atoms with van der Waals surface area (Å²) in [5.74, 6) is -0.729. The van der Waals surface area contributed by atoms with Gasteiger partial charge >= 0.3 is 0 Å². The highest BCUT2D eigenvalue weighted by molar-refractivity contribution is 7.89. The molecule has 1 aliphatic heterocycles. The van der Waals surface area contributed by atoms with E-state index in [1.54, 1.807) is 31.2 Å². The third-order valence-corrected chi connectivity index (χ3v) is 7.06. The zero-order valence-electron chi connectivity index (χ0n) is 17.1. The number of likely N-dealkylation sites (N-methyl/N-ethyl adjacent to an activating group) is 1. The van der Waals surface area contributed by atoms with E-state index in [2.05, 4.69) is 17.1 Å². The maximum absolute atomic E-state index is 13.1. The van der Waals surface area contributed by atoms with E-state index >= 15 is 0 Å². The van der Waals surface area contributed by atoms with E-state index in [0.717, 1.165) is 12.1 Å². The van der Waals surface area contributed by atoms with Crippen molar-refractivity contribution in [1.29, 1.82) is 0 Å². The Labute approximate surface area is 177 Å². The Morgan fingerprint density at radius 1 is 1.10 bits per heavy atom. The lowest BCUT2D eigenvalue weighted by Gasteiger charge is -2.33. The van der Waals surface area contributed by atoms with Crippen molar-refractivity contribution in [1.82, 2.24) is 9.21 Å². The molecule has 1 amide bonds. The maximum atomic E-state index is 13.1. The highest BCUT2D eigenvalue weighted by Gasteiger charge is 2.28. The minimum Gasteiger partial charge on any atom is -0.322 e. The van der Waals surface area contributed by atoms with Gasteiger partial charge in [-0.2, -0.15) is 4.31 Å². The number of halogens is 1. The molecule has 2 aromatic carbocycles. The van der Waals surface area contributed by atoms with Gasteiger partial charge in [0, 0.05) is 37.9 Å². The number of nitrogens with one attached hydrogen (secondary N) is 1. The van der Waals surface area contributed by atoms with Crippen LogP contribution in [0.2, 0.25) is 0 Å². The number of carbonyl (C=O) groups excluding carboxylic acids is 1. The summed E-state index contributed by atoms with van der Waals surface area (Å²) in [6.45, 7) is 7.03. The van der Waals surface area contributed by atoms with E-state index in [9.17, 15) is 17.6 Å². The molecule has 0 atom stereocenters. The van der Waals surface area contributed by atoms with Crippen LogP contribution in [0.15, 0.2) is 59.5 Å². The third-order valence-electron chi connectivity index (χ3n) is 5.16. The normalized spacial score (nSPS) is 16.4. The van der Waals surface area contributed by atoms with Crippen LogP contribution in [-0.2, 0) is 14.8 Å². The van der Waals surface area contributed by atoms with Gasteiger partial charge in [-0.25, -0.2) is 12.8 Å². The second-order valence-corrected chi connectivity index (χ2v) is 9.13. The molecule has 1 aliphatic rings. The summed E-state index contributed by atoms with van der Waals surface area (Å²) in [6.07, 6.45) is 1.40. The average molecular weight is 432 g/mol. The van der Waals surface area contributed by atoms with E-state index in [1.165, 1.54) is 34.6 Å². The van der Waals surface area contributed by atoms with Gasteiger partial charge in [0.15, 0.2) is 0 Å². The Hall–Kier alpha value is -2.55. The number of carbonyl (C=O) groups is 1. The summed E-state index contributed by atoms with van der Waals surface area (Å²) >= 11 is 0. The molecule has 160 valence electrons. The van der Waals surface area contributed by atoms with Gasteiger partial charge in [0.25, 0.3) is 0 Å². The molecule has 3 rings (SSSR count). The van der Waals surface area contributed by atoms with E-state index < -0.39 is 10.0 Å². The third kappa shape index (κ3) is 5.33. The van der Waals surface area contributed by atoms with Crippen LogP contribution in [0.25, 0.3) is 5.57 Å². The van der Waals surface area contributed by atoms with Gasteiger partial charge < -0.3 is 10.2 Å². The highest BCUT2D eigenvalue weighted by atomic mass is 32.2. The molecule has 0 unspecified atom stereocenters. The fourth-order valence-corrected chi connectivity index (χ4v) is 4.81. The SMILES string of the molecule is CCN1CCN(S(=O)(=O)c2cccc(NC(=O)/C=C(\C)c3ccc(F)cc3)c2)CC1. The highest BCUT2D eigenvalue weighted by Crippen LogP contribution is 2.21. The van der Waals surface area contributed by atoms with Crippen molar-refractivity contribution in [2.24, 2.45) is 0 Å². The van der Waals surface area contributed by atoms with E-state index in [-0.39, 0.29) is 16.6 Å². The summed E-state index contributed by atoms with van der Waals surface area (Å²) in [5.41, 5.74) is 1.80. The number of hydrogen-bond acceptors (Lipinski definition) is 4. The fourth-order valence-electron chi connectivity index (χ4n) is 3.34. The molecule has 0 aliphatic carbocycles. The Balaban J connectivity index is 1.71. The number of rotatable bonds is 6. The monoisotopic (exact) mass is 431 g/mol. The fraction of sp³-hybridized carbons (Fsp3) is 0.318. The minimum absolute atomic E-state index is 0.157. The molecule has 1 fully saturated rings. The van der Waals surface area contributed by atoms with E-state index in [1.807, 2.05) is 0 Å². The van der Waals surface area contributed by atoms with Gasteiger partial charge in [0.05, 0.1) is 4.90 Å². The predicted octanol–water partition coefficient (Wildman–Crippen LogP) is 3.19. The van der Waals surface area contributed by atoms with Crippen molar-refractivity contribution >= 4 is 27.2 Å². The van der Waals surface area contributed by atoms with Crippen LogP contribution in [0.5, 0.6) is 0 Å². The number of benzene rings is 2. The topological polar surface area (TPSA) is 69.7 Å². The lowest BCUT2D eigenvalue weighted by Crippen LogP contribution is -2.48. The van der Waals surface area contributed by atoms with Gasteiger partial charge in [-0.05, 0) is 54.9 Å². The maximum Gasteiger partial charge on any atom is 0.248 e. The van der Waals surface area contributed by atoms with Crippen molar-refractivity contribution < 1.29 is 17.6 Å². The first-order chi connectivity index (χ1) is 14.3. The molecule has 1 saturated heterocycles. The van der Waals surface area contributed by atoms with E-state index in [0.29, 0.717) is 37.4 Å². The van der Waals surface area contributed by atoms with Gasteiger partial charge in [-0.1, -0.05) is 25.1 Å². The van der Waals surface area contributed by atoms with Gasteiger partial charge in [-0.15, -0.1) is 0 Å². The average Bonchev–Trinajstić information content (AvgIpc) is 2.74. The summed E-state index contributed by atoms with van der Waals surface area (Å²) in [4.78, 5) is 14.7. The number of nitrogens with zero attached hydrogens (tertiary/aromatic N) is 2. The van der Waals surface area contributed by atoms with Crippen molar-refractivity contribution in [3.05, 3.63) is 66.0 Å².